The molecule has 0 aliphatic carbocycles. The second-order valence-electron chi connectivity index (χ2n) is 8.18. The molecule has 0 atom stereocenters. The molecule has 12 nitrogen and oxygen atoms in total. The lowest BCUT2D eigenvalue weighted by Gasteiger charge is -2.29. The molecule has 1 aliphatic rings. The topological polar surface area (TPSA) is 141 Å². The van der Waals surface area contributed by atoms with Gasteiger partial charge >= 0.3 is 11.9 Å². The van der Waals surface area contributed by atoms with E-state index in [2.05, 4.69) is 20.6 Å². The number of carbonyl (C=O) groups excluding carboxylic acids is 2. The zero-order valence-corrected chi connectivity index (χ0v) is 18.4. The number of hydrogen-bond acceptors (Lipinski definition) is 8. The molecule has 2 aromatic rings. The molecule has 1 saturated heterocycles. The molecule has 0 spiro atoms. The van der Waals surface area contributed by atoms with Gasteiger partial charge in [-0.05, 0) is 43.9 Å². The van der Waals surface area contributed by atoms with Gasteiger partial charge in [0.25, 0.3) is 5.91 Å². The van der Waals surface area contributed by atoms with Gasteiger partial charge in [-0.3, -0.25) is 10.1 Å². The number of aryl methyl sites for hydroxylation is 1. The van der Waals surface area contributed by atoms with Crippen molar-refractivity contribution in [2.45, 2.75) is 26.4 Å². The summed E-state index contributed by atoms with van der Waals surface area (Å²) in [5, 5.41) is 20.0. The quantitative estimate of drug-likeness (QED) is 0.528. The van der Waals surface area contributed by atoms with Crippen molar-refractivity contribution >= 4 is 34.9 Å². The molecule has 0 radical (unpaired) electrons. The van der Waals surface area contributed by atoms with E-state index in [0.717, 1.165) is 16.4 Å². The standard InChI is InChI=1S/C20H26N6O6/c1-20(2,3)32-19(28)22-15-11-13(25-7-9-31-10-8-25)5-6-14(15)21-18(27)16-12-17(26(29)30)23-24(16)4/h5-6,11-12H,7-10H2,1-4H3,(H,21,27)(H,22,28). The summed E-state index contributed by atoms with van der Waals surface area (Å²) in [6.45, 7) is 7.80. The average molecular weight is 446 g/mol. The number of carbonyl (C=O) groups is 2. The van der Waals surface area contributed by atoms with Gasteiger partial charge in [0.15, 0.2) is 5.69 Å². The van der Waals surface area contributed by atoms with Gasteiger partial charge in [0, 0.05) is 18.8 Å². The van der Waals surface area contributed by atoms with Crippen molar-refractivity contribution in [3.05, 3.63) is 40.1 Å². The molecular weight excluding hydrogens is 420 g/mol. The SMILES string of the molecule is Cn1nc([N+](=O)[O-])cc1C(=O)Nc1ccc(N2CCOCC2)cc1NC(=O)OC(C)(C)C. The van der Waals surface area contributed by atoms with Crippen LogP contribution in [-0.2, 0) is 16.5 Å². The van der Waals surface area contributed by atoms with E-state index >= 15 is 0 Å². The molecule has 2 amide bonds. The van der Waals surface area contributed by atoms with Crippen molar-refractivity contribution in [2.24, 2.45) is 7.05 Å². The van der Waals surface area contributed by atoms with Gasteiger partial charge in [-0.25, -0.2) is 4.79 Å². The Kier molecular flexibility index (Phi) is 6.63. The van der Waals surface area contributed by atoms with Crippen molar-refractivity contribution in [1.29, 1.82) is 0 Å². The lowest BCUT2D eigenvalue weighted by Crippen LogP contribution is -2.36. The monoisotopic (exact) mass is 446 g/mol. The highest BCUT2D eigenvalue weighted by Crippen LogP contribution is 2.30. The van der Waals surface area contributed by atoms with Crippen LogP contribution in [0, 0.1) is 10.1 Å². The Morgan fingerprint density at radius 2 is 1.84 bits per heavy atom. The van der Waals surface area contributed by atoms with Gasteiger partial charge in [-0.15, -0.1) is 0 Å². The lowest BCUT2D eigenvalue weighted by atomic mass is 10.2. The van der Waals surface area contributed by atoms with Gasteiger partial charge in [0.1, 0.15) is 5.60 Å². The van der Waals surface area contributed by atoms with Crippen molar-refractivity contribution in [3.63, 3.8) is 0 Å². The number of aromatic nitrogens is 2. The van der Waals surface area contributed by atoms with Gasteiger partial charge < -0.3 is 29.8 Å². The summed E-state index contributed by atoms with van der Waals surface area (Å²) in [7, 11) is 1.43. The molecule has 2 heterocycles. The number of ether oxygens (including phenoxy) is 2. The molecule has 1 fully saturated rings. The first-order valence-electron chi connectivity index (χ1n) is 10.00. The van der Waals surface area contributed by atoms with Gasteiger partial charge in [-0.2, -0.15) is 4.68 Å². The first kappa shape index (κ1) is 23.0. The van der Waals surface area contributed by atoms with Crippen molar-refractivity contribution < 1.29 is 24.0 Å². The van der Waals surface area contributed by atoms with Gasteiger partial charge in [0.2, 0.25) is 0 Å². The fourth-order valence-electron chi connectivity index (χ4n) is 3.12. The van der Waals surface area contributed by atoms with Gasteiger partial charge in [-0.1, -0.05) is 0 Å². The Balaban J connectivity index is 1.88. The molecule has 1 aromatic heterocycles. The molecule has 1 aromatic carbocycles. The largest absolute Gasteiger partial charge is 0.444 e. The third-order valence-corrected chi connectivity index (χ3v) is 4.55. The number of nitro groups is 1. The smallest absolute Gasteiger partial charge is 0.412 e. The molecule has 2 N–H and O–H groups in total. The molecule has 1 aliphatic heterocycles. The van der Waals surface area contributed by atoms with E-state index in [1.807, 2.05) is 6.07 Å². The third kappa shape index (κ3) is 5.72. The van der Waals surface area contributed by atoms with Crippen LogP contribution in [0.1, 0.15) is 31.3 Å². The predicted molar refractivity (Wildman–Crippen MR) is 117 cm³/mol. The van der Waals surface area contributed by atoms with Crippen LogP contribution in [0.4, 0.5) is 27.7 Å². The van der Waals surface area contributed by atoms with Crippen LogP contribution >= 0.6 is 0 Å². The first-order chi connectivity index (χ1) is 15.0. The Labute approximate surface area is 184 Å². The number of morpholine rings is 1. The lowest BCUT2D eigenvalue weighted by molar-refractivity contribution is -0.389. The summed E-state index contributed by atoms with van der Waals surface area (Å²) < 4.78 is 11.8. The van der Waals surface area contributed by atoms with Crippen LogP contribution in [0.25, 0.3) is 0 Å². The summed E-state index contributed by atoms with van der Waals surface area (Å²) in [5.41, 5.74) is 0.767. The minimum Gasteiger partial charge on any atom is -0.444 e. The summed E-state index contributed by atoms with van der Waals surface area (Å²) in [6, 6.07) is 6.28. The van der Waals surface area contributed by atoms with E-state index in [-0.39, 0.29) is 5.69 Å². The summed E-state index contributed by atoms with van der Waals surface area (Å²) in [5.74, 6) is -1.05. The average Bonchev–Trinajstić information content (AvgIpc) is 3.10. The van der Waals surface area contributed by atoms with Gasteiger partial charge in [0.05, 0.1) is 42.8 Å². The maximum Gasteiger partial charge on any atom is 0.412 e. The number of hydrogen-bond donors (Lipinski definition) is 2. The van der Waals surface area contributed by atoms with E-state index in [4.69, 9.17) is 9.47 Å². The number of nitrogens with one attached hydrogen (secondary N) is 2. The molecule has 172 valence electrons. The molecule has 0 unspecified atom stereocenters. The predicted octanol–water partition coefficient (Wildman–Crippen LogP) is 2.76. The minimum atomic E-state index is -0.705. The van der Waals surface area contributed by atoms with Crippen molar-refractivity contribution in [2.75, 3.05) is 41.8 Å². The summed E-state index contributed by atoms with van der Waals surface area (Å²) in [4.78, 5) is 37.5. The summed E-state index contributed by atoms with van der Waals surface area (Å²) in [6.07, 6.45) is -0.678. The van der Waals surface area contributed by atoms with E-state index in [9.17, 15) is 19.7 Å². The van der Waals surface area contributed by atoms with E-state index in [1.54, 1.807) is 32.9 Å². The Bertz CT molecular complexity index is 1020. The minimum absolute atomic E-state index is 0.00262. The molecule has 3 rings (SSSR count). The van der Waals surface area contributed by atoms with E-state index in [1.165, 1.54) is 7.05 Å². The van der Waals surface area contributed by atoms with Crippen molar-refractivity contribution in [1.82, 2.24) is 9.78 Å². The molecule has 0 bridgehead atoms. The van der Waals surface area contributed by atoms with Crippen LogP contribution in [0.5, 0.6) is 0 Å². The van der Waals surface area contributed by atoms with E-state index < -0.39 is 28.3 Å². The maximum atomic E-state index is 12.8. The van der Waals surface area contributed by atoms with E-state index in [0.29, 0.717) is 37.7 Å². The van der Waals surface area contributed by atoms with Crippen LogP contribution in [0.2, 0.25) is 0 Å². The molecule has 0 saturated carbocycles. The number of anilines is 3. The van der Waals surface area contributed by atoms with Crippen LogP contribution in [-0.4, -0.2) is 58.6 Å². The summed E-state index contributed by atoms with van der Waals surface area (Å²) >= 11 is 0. The highest BCUT2D eigenvalue weighted by Gasteiger charge is 2.23. The number of rotatable bonds is 5. The maximum absolute atomic E-state index is 12.8. The molecular formula is C20H26N6O6. The number of amides is 2. The van der Waals surface area contributed by atoms with Crippen LogP contribution < -0.4 is 15.5 Å². The fraction of sp³-hybridized carbons (Fsp3) is 0.450. The first-order valence-corrected chi connectivity index (χ1v) is 10.00. The van der Waals surface area contributed by atoms with Crippen LogP contribution in [0.15, 0.2) is 24.3 Å². The highest BCUT2D eigenvalue weighted by atomic mass is 16.6. The third-order valence-electron chi connectivity index (χ3n) is 4.55. The molecule has 12 heteroatoms. The Morgan fingerprint density at radius 3 is 2.44 bits per heavy atom. The zero-order chi connectivity index (χ0) is 23.5. The normalized spacial score (nSPS) is 14.1. The highest BCUT2D eigenvalue weighted by molar-refractivity contribution is 6.06. The number of benzene rings is 1. The second-order valence-corrected chi connectivity index (χ2v) is 8.18. The van der Waals surface area contributed by atoms with Crippen LogP contribution in [0.3, 0.4) is 0 Å². The Hall–Kier alpha value is -3.67. The zero-order valence-electron chi connectivity index (χ0n) is 18.4. The van der Waals surface area contributed by atoms with Crippen molar-refractivity contribution in [3.8, 4) is 0 Å². The number of nitrogens with zero attached hydrogens (tertiary/aromatic N) is 4. The second kappa shape index (κ2) is 9.22. The molecule has 32 heavy (non-hydrogen) atoms. The fourth-order valence-corrected chi connectivity index (χ4v) is 3.12. The Morgan fingerprint density at radius 1 is 1.16 bits per heavy atom.